The molecule has 0 radical (unpaired) electrons. The molecule has 0 bridgehead atoms. The molecule has 0 spiro atoms. The molecule has 2 saturated heterocycles. The minimum Gasteiger partial charge on any atom is -0.475 e. The maximum Gasteiger partial charge on any atom is 0.490 e. The molecule has 0 aromatic heterocycles. The number of alkyl halides is 3. The fourth-order valence-corrected chi connectivity index (χ4v) is 6.45. The van der Waals surface area contributed by atoms with E-state index in [-0.39, 0.29) is 23.8 Å². The van der Waals surface area contributed by atoms with E-state index in [2.05, 4.69) is 39.4 Å². The summed E-state index contributed by atoms with van der Waals surface area (Å²) in [6.07, 6.45) is 0.227. The number of nitrogens with one attached hydrogen (secondary N) is 1. The molecule has 2 aromatic carbocycles. The van der Waals surface area contributed by atoms with Crippen molar-refractivity contribution in [3.63, 3.8) is 0 Å². The quantitative estimate of drug-likeness (QED) is 0.450. The summed E-state index contributed by atoms with van der Waals surface area (Å²) in [6.45, 7) is 4.70. The number of amides is 2. The molecule has 2 amide bonds. The molecule has 8 nitrogen and oxygen atoms in total. The van der Waals surface area contributed by atoms with Gasteiger partial charge >= 0.3 is 12.1 Å². The second-order valence-corrected chi connectivity index (χ2v) is 11.9. The smallest absolute Gasteiger partial charge is 0.475 e. The van der Waals surface area contributed by atoms with Crippen molar-refractivity contribution in [3.05, 3.63) is 65.7 Å². The first-order chi connectivity index (χ1) is 20.4. The van der Waals surface area contributed by atoms with Gasteiger partial charge in [0.05, 0.1) is 11.6 Å². The number of halogens is 3. The number of carboxylic acid groups (broad SMARTS) is 1. The van der Waals surface area contributed by atoms with Crippen LogP contribution in [0.3, 0.4) is 0 Å². The second-order valence-electron chi connectivity index (χ2n) is 11.9. The summed E-state index contributed by atoms with van der Waals surface area (Å²) in [5.41, 5.74) is 2.97. The lowest BCUT2D eigenvalue weighted by Gasteiger charge is -2.26. The first kappa shape index (κ1) is 32.3. The van der Waals surface area contributed by atoms with Gasteiger partial charge in [-0.15, -0.1) is 0 Å². The van der Waals surface area contributed by atoms with Crippen LogP contribution in [-0.4, -0.2) is 85.7 Å². The number of nitrogens with zero attached hydrogens (tertiary/aromatic N) is 3. The van der Waals surface area contributed by atoms with E-state index in [1.165, 1.54) is 18.4 Å². The number of aliphatic carboxylic acids is 1. The molecular formula is C32H41F3N4O4. The Morgan fingerprint density at radius 3 is 2.05 bits per heavy atom. The van der Waals surface area contributed by atoms with Crippen molar-refractivity contribution in [3.8, 4) is 0 Å². The lowest BCUT2D eigenvalue weighted by atomic mass is 10.0. The number of hydrogen-bond acceptors (Lipinski definition) is 5. The van der Waals surface area contributed by atoms with Crippen LogP contribution in [0.25, 0.3) is 0 Å². The predicted octanol–water partition coefficient (Wildman–Crippen LogP) is 4.83. The molecule has 3 atom stereocenters. The molecule has 5 rings (SSSR count). The van der Waals surface area contributed by atoms with E-state index in [1.54, 1.807) is 0 Å². The second kappa shape index (κ2) is 14.2. The maximum atomic E-state index is 13.3. The molecule has 2 N–H and O–H groups in total. The number of fused-ring (bicyclic) bond motifs is 1. The summed E-state index contributed by atoms with van der Waals surface area (Å²) in [5, 5.41) is 10.5. The van der Waals surface area contributed by atoms with E-state index in [0.29, 0.717) is 11.8 Å². The minimum atomic E-state index is -5.08. The summed E-state index contributed by atoms with van der Waals surface area (Å²) < 4.78 is 31.7. The van der Waals surface area contributed by atoms with Crippen LogP contribution in [-0.2, 0) is 9.59 Å². The van der Waals surface area contributed by atoms with Gasteiger partial charge < -0.3 is 25.1 Å². The summed E-state index contributed by atoms with van der Waals surface area (Å²) in [6, 6.07) is 18.4. The summed E-state index contributed by atoms with van der Waals surface area (Å²) in [5.74, 6) is -1.13. The minimum absolute atomic E-state index is 0.0559. The molecule has 3 fully saturated rings. The molecule has 234 valence electrons. The van der Waals surface area contributed by atoms with Gasteiger partial charge in [0.25, 0.3) is 5.91 Å². The van der Waals surface area contributed by atoms with Crippen LogP contribution in [0.2, 0.25) is 0 Å². The van der Waals surface area contributed by atoms with Crippen molar-refractivity contribution in [1.82, 2.24) is 15.1 Å². The van der Waals surface area contributed by atoms with Gasteiger partial charge in [-0.05, 0) is 48.8 Å². The molecule has 2 aromatic rings. The molecule has 1 aliphatic carbocycles. The lowest BCUT2D eigenvalue weighted by molar-refractivity contribution is -0.192. The Labute approximate surface area is 250 Å². The van der Waals surface area contributed by atoms with Crippen LogP contribution in [0.5, 0.6) is 0 Å². The maximum absolute atomic E-state index is 13.3. The van der Waals surface area contributed by atoms with Gasteiger partial charge in [0.15, 0.2) is 0 Å². The molecule has 11 heteroatoms. The first-order valence-corrected chi connectivity index (χ1v) is 14.9. The Hall–Kier alpha value is -3.60. The van der Waals surface area contributed by atoms with Crippen LogP contribution in [0.15, 0.2) is 54.6 Å². The van der Waals surface area contributed by atoms with E-state index in [9.17, 15) is 22.8 Å². The number of hydrogen-bond donors (Lipinski definition) is 2. The van der Waals surface area contributed by atoms with Crippen molar-refractivity contribution < 1.29 is 32.7 Å². The van der Waals surface area contributed by atoms with Crippen LogP contribution in [0, 0.1) is 17.8 Å². The SMILES string of the molecule is CN(C)c1ccccc1C(=O)N1CC2CN(CCC(NC(=O)C3CCCC3)c3ccccc3)C[C@H]2C1.O=C(O)C(F)(F)F. The van der Waals surface area contributed by atoms with Gasteiger partial charge in [-0.25, -0.2) is 4.79 Å². The largest absolute Gasteiger partial charge is 0.490 e. The van der Waals surface area contributed by atoms with Gasteiger partial charge in [-0.2, -0.15) is 13.2 Å². The van der Waals surface area contributed by atoms with Crippen molar-refractivity contribution >= 4 is 23.5 Å². The third-order valence-electron chi connectivity index (χ3n) is 8.69. The highest BCUT2D eigenvalue weighted by Gasteiger charge is 2.42. The number of benzene rings is 2. The number of carbonyl (C=O) groups excluding carboxylic acids is 2. The Kier molecular flexibility index (Phi) is 10.7. The van der Waals surface area contributed by atoms with Crippen LogP contribution < -0.4 is 10.2 Å². The molecule has 3 aliphatic rings. The molecule has 43 heavy (non-hydrogen) atoms. The zero-order valence-electron chi connectivity index (χ0n) is 24.7. The Morgan fingerprint density at radius 1 is 0.930 bits per heavy atom. The van der Waals surface area contributed by atoms with Crippen molar-refractivity contribution in [1.29, 1.82) is 0 Å². The van der Waals surface area contributed by atoms with Crippen molar-refractivity contribution in [2.45, 2.75) is 44.3 Å². The highest BCUT2D eigenvalue weighted by atomic mass is 19.4. The predicted molar refractivity (Wildman–Crippen MR) is 158 cm³/mol. The third-order valence-corrected chi connectivity index (χ3v) is 8.69. The van der Waals surface area contributed by atoms with Gasteiger partial charge in [-0.1, -0.05) is 55.3 Å². The van der Waals surface area contributed by atoms with Crippen LogP contribution in [0.1, 0.15) is 54.1 Å². The van der Waals surface area contributed by atoms with Gasteiger partial charge in [0, 0.05) is 58.4 Å². The van der Waals surface area contributed by atoms with E-state index < -0.39 is 12.1 Å². The van der Waals surface area contributed by atoms with Crippen LogP contribution in [0.4, 0.5) is 18.9 Å². The summed E-state index contributed by atoms with van der Waals surface area (Å²) >= 11 is 0. The van der Waals surface area contributed by atoms with Gasteiger partial charge in [0.1, 0.15) is 0 Å². The molecule has 2 aliphatic heterocycles. The first-order valence-electron chi connectivity index (χ1n) is 14.9. The number of rotatable bonds is 8. The van der Waals surface area contributed by atoms with Crippen LogP contribution >= 0.6 is 0 Å². The highest BCUT2D eigenvalue weighted by Crippen LogP contribution is 2.34. The normalized spacial score (nSPS) is 21.1. The highest BCUT2D eigenvalue weighted by molar-refractivity contribution is 6.00. The summed E-state index contributed by atoms with van der Waals surface area (Å²) in [7, 11) is 3.98. The van der Waals surface area contributed by atoms with E-state index in [4.69, 9.17) is 9.90 Å². The molecular weight excluding hydrogens is 561 g/mol. The van der Waals surface area contributed by atoms with Crippen molar-refractivity contribution in [2.24, 2.45) is 17.8 Å². The average molecular weight is 603 g/mol. The standard InChI is InChI=1S/C30H40N4O2.C2HF3O2/c1-32(2)28-15-9-8-14-26(28)30(36)34-20-24-18-33(19-25(24)21-34)17-16-27(22-10-4-3-5-11-22)31-29(35)23-12-6-7-13-23;3-2(4,5)1(6)7/h3-5,8-11,14-15,23-25,27H,6-7,12-13,16-21H2,1-2H3,(H,31,35);(H,6,7)/t24-,25?,27?;/m0./s1. The number of carbonyl (C=O) groups is 3. The van der Waals surface area contributed by atoms with Gasteiger partial charge in [0.2, 0.25) is 5.91 Å². The van der Waals surface area contributed by atoms with E-state index >= 15 is 0 Å². The third kappa shape index (κ3) is 8.49. The Balaban J connectivity index is 0.000000541. The Morgan fingerprint density at radius 2 is 1.49 bits per heavy atom. The van der Waals surface area contributed by atoms with E-state index in [0.717, 1.165) is 63.2 Å². The van der Waals surface area contributed by atoms with E-state index in [1.807, 2.05) is 49.3 Å². The monoisotopic (exact) mass is 602 g/mol. The lowest BCUT2D eigenvalue weighted by Crippen LogP contribution is -2.37. The fraction of sp³-hybridized carbons (Fsp3) is 0.531. The summed E-state index contributed by atoms with van der Waals surface area (Å²) in [4.78, 5) is 41.7. The average Bonchev–Trinajstić information content (AvgIpc) is 3.73. The number of anilines is 1. The zero-order valence-corrected chi connectivity index (χ0v) is 24.7. The van der Waals surface area contributed by atoms with Crippen molar-refractivity contribution in [2.75, 3.05) is 51.7 Å². The Bertz CT molecular complexity index is 1240. The number of likely N-dealkylation sites (tertiary alicyclic amines) is 2. The zero-order chi connectivity index (χ0) is 31.1. The topological polar surface area (TPSA) is 93.2 Å². The number of carboxylic acids is 1. The molecule has 2 heterocycles. The van der Waals surface area contributed by atoms with Gasteiger partial charge in [-0.3, -0.25) is 9.59 Å². The fourth-order valence-electron chi connectivity index (χ4n) is 6.45. The molecule has 2 unspecified atom stereocenters. The molecule has 1 saturated carbocycles. The number of para-hydroxylation sites is 1.